The molecule has 0 saturated heterocycles. The van der Waals surface area contributed by atoms with Crippen LogP contribution in [0.3, 0.4) is 0 Å². The van der Waals surface area contributed by atoms with Gasteiger partial charge in [0, 0.05) is 4.88 Å². The summed E-state index contributed by atoms with van der Waals surface area (Å²) in [6.45, 7) is 3.92. The van der Waals surface area contributed by atoms with E-state index in [0.29, 0.717) is 6.42 Å². The fourth-order valence-corrected chi connectivity index (χ4v) is 3.71. The molecule has 0 aromatic carbocycles. The number of rotatable bonds is 5. The van der Waals surface area contributed by atoms with E-state index >= 15 is 0 Å². The van der Waals surface area contributed by atoms with Gasteiger partial charge in [-0.05, 0) is 48.6 Å². The first-order chi connectivity index (χ1) is 9.49. The largest absolute Gasteiger partial charge is 0.480 e. The Morgan fingerprint density at radius 2 is 2.25 bits per heavy atom. The van der Waals surface area contributed by atoms with Crippen molar-refractivity contribution in [3.05, 3.63) is 21.9 Å². The van der Waals surface area contributed by atoms with Crippen LogP contribution in [-0.2, 0) is 16.0 Å². The minimum absolute atomic E-state index is 0.141. The maximum Gasteiger partial charge on any atom is 0.326 e. The Kier molecular flexibility index (Phi) is 4.81. The van der Waals surface area contributed by atoms with E-state index in [-0.39, 0.29) is 17.7 Å². The van der Waals surface area contributed by atoms with Gasteiger partial charge >= 0.3 is 5.97 Å². The summed E-state index contributed by atoms with van der Waals surface area (Å²) >= 11 is 1.69. The lowest BCUT2D eigenvalue weighted by Gasteiger charge is -2.24. The predicted octanol–water partition coefficient (Wildman–Crippen LogP) is 2.78. The zero-order valence-corrected chi connectivity index (χ0v) is 12.7. The molecule has 110 valence electrons. The van der Waals surface area contributed by atoms with Crippen molar-refractivity contribution in [3.8, 4) is 0 Å². The highest BCUT2D eigenvalue weighted by Gasteiger charge is 2.30. The first-order valence-corrected chi connectivity index (χ1v) is 7.96. The Bertz CT molecular complexity index is 495. The number of carboxylic acid groups (broad SMARTS) is 1. The molecular weight excluding hydrogens is 274 g/mol. The summed E-state index contributed by atoms with van der Waals surface area (Å²) in [6, 6.07) is 1.22. The summed E-state index contributed by atoms with van der Waals surface area (Å²) in [5.74, 6) is -1.04. The number of nitrogens with one attached hydrogen (secondary N) is 1. The van der Waals surface area contributed by atoms with Crippen molar-refractivity contribution < 1.29 is 14.7 Å². The summed E-state index contributed by atoms with van der Waals surface area (Å²) < 4.78 is 0. The van der Waals surface area contributed by atoms with Crippen LogP contribution < -0.4 is 5.32 Å². The van der Waals surface area contributed by atoms with Crippen molar-refractivity contribution >= 4 is 23.2 Å². The maximum absolute atomic E-state index is 12.4. The van der Waals surface area contributed by atoms with Crippen LogP contribution in [0.4, 0.5) is 0 Å². The molecule has 1 aliphatic carbocycles. The van der Waals surface area contributed by atoms with Gasteiger partial charge in [0.1, 0.15) is 6.04 Å². The molecule has 2 atom stereocenters. The number of carboxylic acids is 1. The van der Waals surface area contributed by atoms with Gasteiger partial charge in [-0.1, -0.05) is 13.8 Å². The zero-order chi connectivity index (χ0) is 14.7. The second kappa shape index (κ2) is 6.39. The van der Waals surface area contributed by atoms with Crippen molar-refractivity contribution in [2.45, 2.75) is 51.5 Å². The van der Waals surface area contributed by atoms with Gasteiger partial charge < -0.3 is 10.4 Å². The monoisotopic (exact) mass is 295 g/mol. The standard InChI is InChI=1S/C15H21NO3S/c1-9(2)8-12(15(18)19)16-14(17)11-4-3-5-13-10(11)6-7-20-13/h6-7,9,11-12H,3-5,8H2,1-2H3,(H,16,17)(H,18,19)/t11?,12-/m0/s1. The van der Waals surface area contributed by atoms with Gasteiger partial charge in [-0.2, -0.15) is 0 Å². The van der Waals surface area contributed by atoms with Crippen molar-refractivity contribution in [1.29, 1.82) is 0 Å². The second-order valence-corrected chi connectivity index (χ2v) is 6.77. The third-order valence-corrected chi connectivity index (χ3v) is 4.69. The van der Waals surface area contributed by atoms with Crippen LogP contribution in [0.1, 0.15) is 49.5 Å². The van der Waals surface area contributed by atoms with Crippen LogP contribution >= 0.6 is 11.3 Å². The number of amides is 1. The SMILES string of the molecule is CC(C)C[C@H](NC(=O)C1CCCc2sccc21)C(=O)O. The average molecular weight is 295 g/mol. The molecule has 20 heavy (non-hydrogen) atoms. The third kappa shape index (κ3) is 3.39. The van der Waals surface area contributed by atoms with Gasteiger partial charge in [0.25, 0.3) is 0 Å². The Morgan fingerprint density at radius 3 is 2.90 bits per heavy atom. The third-order valence-electron chi connectivity index (χ3n) is 3.69. The summed E-state index contributed by atoms with van der Waals surface area (Å²) in [5, 5.41) is 13.9. The van der Waals surface area contributed by atoms with Gasteiger partial charge in [-0.3, -0.25) is 4.79 Å². The number of hydrogen-bond donors (Lipinski definition) is 2. The number of aryl methyl sites for hydroxylation is 1. The van der Waals surface area contributed by atoms with E-state index in [1.165, 1.54) is 4.88 Å². The molecule has 1 aromatic rings. The van der Waals surface area contributed by atoms with E-state index < -0.39 is 12.0 Å². The van der Waals surface area contributed by atoms with Crippen molar-refractivity contribution in [2.75, 3.05) is 0 Å². The molecule has 0 saturated carbocycles. The molecule has 4 nitrogen and oxygen atoms in total. The van der Waals surface area contributed by atoms with Crippen LogP contribution in [-0.4, -0.2) is 23.0 Å². The number of fused-ring (bicyclic) bond motifs is 1. The van der Waals surface area contributed by atoms with Crippen molar-refractivity contribution in [1.82, 2.24) is 5.32 Å². The summed E-state index contributed by atoms with van der Waals surface area (Å²) in [5.41, 5.74) is 1.09. The van der Waals surface area contributed by atoms with E-state index in [0.717, 1.165) is 24.8 Å². The number of carbonyl (C=O) groups is 2. The highest BCUT2D eigenvalue weighted by atomic mass is 32.1. The lowest BCUT2D eigenvalue weighted by atomic mass is 9.87. The van der Waals surface area contributed by atoms with E-state index in [1.54, 1.807) is 11.3 Å². The summed E-state index contributed by atoms with van der Waals surface area (Å²) in [7, 11) is 0. The Morgan fingerprint density at radius 1 is 1.50 bits per heavy atom. The van der Waals surface area contributed by atoms with Gasteiger partial charge in [0.2, 0.25) is 5.91 Å². The Labute approximate surface area is 123 Å². The van der Waals surface area contributed by atoms with E-state index in [9.17, 15) is 14.7 Å². The van der Waals surface area contributed by atoms with Crippen LogP contribution in [0.5, 0.6) is 0 Å². The quantitative estimate of drug-likeness (QED) is 0.878. The predicted molar refractivity (Wildman–Crippen MR) is 79.0 cm³/mol. The lowest BCUT2D eigenvalue weighted by Crippen LogP contribution is -2.44. The van der Waals surface area contributed by atoms with Crippen molar-refractivity contribution in [2.24, 2.45) is 5.92 Å². The van der Waals surface area contributed by atoms with Crippen LogP contribution in [0.15, 0.2) is 11.4 Å². The van der Waals surface area contributed by atoms with Gasteiger partial charge in [-0.25, -0.2) is 4.79 Å². The second-order valence-electron chi connectivity index (χ2n) is 5.77. The van der Waals surface area contributed by atoms with Gasteiger partial charge in [-0.15, -0.1) is 11.3 Å². The molecule has 1 amide bonds. The highest BCUT2D eigenvalue weighted by Crippen LogP contribution is 2.35. The minimum atomic E-state index is -0.951. The molecule has 2 N–H and O–H groups in total. The van der Waals surface area contributed by atoms with Gasteiger partial charge in [0.05, 0.1) is 5.92 Å². The number of carbonyl (C=O) groups excluding carboxylic acids is 1. The normalized spacial score (nSPS) is 19.4. The Hall–Kier alpha value is -1.36. The van der Waals surface area contributed by atoms with Crippen molar-refractivity contribution in [3.63, 3.8) is 0 Å². The lowest BCUT2D eigenvalue weighted by molar-refractivity contribution is -0.142. The molecule has 1 heterocycles. The molecule has 5 heteroatoms. The number of hydrogen-bond acceptors (Lipinski definition) is 3. The van der Waals surface area contributed by atoms with E-state index in [4.69, 9.17) is 0 Å². The molecule has 1 aromatic heterocycles. The zero-order valence-electron chi connectivity index (χ0n) is 11.9. The first-order valence-electron chi connectivity index (χ1n) is 7.08. The summed E-state index contributed by atoms with van der Waals surface area (Å²) in [6.07, 6.45) is 3.30. The molecule has 2 rings (SSSR count). The molecular formula is C15H21NO3S. The number of thiophene rings is 1. The fourth-order valence-electron chi connectivity index (χ4n) is 2.72. The fraction of sp³-hybridized carbons (Fsp3) is 0.600. The highest BCUT2D eigenvalue weighted by molar-refractivity contribution is 7.10. The molecule has 0 spiro atoms. The minimum Gasteiger partial charge on any atom is -0.480 e. The molecule has 1 aliphatic rings. The molecule has 1 unspecified atom stereocenters. The van der Waals surface area contributed by atoms with Crippen LogP contribution in [0, 0.1) is 5.92 Å². The topological polar surface area (TPSA) is 66.4 Å². The molecule has 0 bridgehead atoms. The smallest absolute Gasteiger partial charge is 0.326 e. The summed E-state index contributed by atoms with van der Waals surface area (Å²) in [4.78, 5) is 24.9. The maximum atomic E-state index is 12.4. The molecule has 0 radical (unpaired) electrons. The van der Waals surface area contributed by atoms with Crippen LogP contribution in [0.2, 0.25) is 0 Å². The molecule has 0 aliphatic heterocycles. The van der Waals surface area contributed by atoms with Gasteiger partial charge in [0.15, 0.2) is 0 Å². The Balaban J connectivity index is 2.07. The number of aliphatic carboxylic acids is 1. The first kappa shape index (κ1) is 15.0. The van der Waals surface area contributed by atoms with Crippen LogP contribution in [0.25, 0.3) is 0 Å². The molecule has 0 fully saturated rings. The van der Waals surface area contributed by atoms with E-state index in [1.807, 2.05) is 25.3 Å². The average Bonchev–Trinajstić information content (AvgIpc) is 2.84. The van der Waals surface area contributed by atoms with E-state index in [2.05, 4.69) is 5.32 Å².